The smallest absolute Gasteiger partial charge is 0.0877 e. The third kappa shape index (κ3) is 3.02. The average Bonchev–Trinajstić information content (AvgIpc) is 2.27. The predicted octanol–water partition coefficient (Wildman–Crippen LogP) is 2.11. The molecule has 16 heavy (non-hydrogen) atoms. The Hall–Kier alpha value is -1.46. The van der Waals surface area contributed by atoms with Gasteiger partial charge in [0, 0.05) is 15.6 Å². The average molecular weight is 269 g/mol. The molecular formula is C14H10BBr. The molecule has 76 valence electrons. The zero-order valence-corrected chi connectivity index (χ0v) is 10.6. The first kappa shape index (κ1) is 11.0. The van der Waals surface area contributed by atoms with Crippen LogP contribution in [0.25, 0.3) is 0 Å². The minimum atomic E-state index is 1.02. The number of rotatable bonds is 0. The Kier molecular flexibility index (Phi) is 3.49. The Morgan fingerprint density at radius 3 is 2.12 bits per heavy atom. The molecule has 0 saturated carbocycles. The summed E-state index contributed by atoms with van der Waals surface area (Å²) in [4.78, 5) is 0. The largest absolute Gasteiger partial charge is 0.139 e. The summed E-state index contributed by atoms with van der Waals surface area (Å²) in [5, 5.41) is 0. The molecule has 0 atom stereocenters. The van der Waals surface area contributed by atoms with Crippen LogP contribution in [0.2, 0.25) is 0 Å². The summed E-state index contributed by atoms with van der Waals surface area (Å²) in [7, 11) is 2.07. The van der Waals surface area contributed by atoms with Crippen LogP contribution >= 0.6 is 15.9 Å². The van der Waals surface area contributed by atoms with E-state index in [1.807, 2.05) is 36.4 Å². The Balaban J connectivity index is 2.28. The van der Waals surface area contributed by atoms with Gasteiger partial charge in [0.05, 0.1) is 0 Å². The zero-order chi connectivity index (χ0) is 11.4. The first-order valence-corrected chi connectivity index (χ1v) is 5.87. The van der Waals surface area contributed by atoms with E-state index in [-0.39, 0.29) is 0 Å². The van der Waals surface area contributed by atoms with E-state index in [1.165, 1.54) is 5.46 Å². The van der Waals surface area contributed by atoms with Gasteiger partial charge in [0.1, 0.15) is 7.85 Å². The molecule has 2 aromatic rings. The van der Waals surface area contributed by atoms with E-state index in [1.54, 1.807) is 0 Å². The highest BCUT2D eigenvalue weighted by molar-refractivity contribution is 9.10. The van der Waals surface area contributed by atoms with Gasteiger partial charge < -0.3 is 0 Å². The van der Waals surface area contributed by atoms with Crippen LogP contribution in [0.4, 0.5) is 0 Å². The van der Waals surface area contributed by atoms with E-state index < -0.39 is 0 Å². The van der Waals surface area contributed by atoms with Crippen LogP contribution in [0.1, 0.15) is 11.1 Å². The van der Waals surface area contributed by atoms with E-state index in [9.17, 15) is 0 Å². The maximum Gasteiger partial charge on any atom is 0.139 e. The third-order valence-corrected chi connectivity index (χ3v) is 2.69. The minimum absolute atomic E-state index is 1.02. The summed E-state index contributed by atoms with van der Waals surface area (Å²) < 4.78 is 1.06. The van der Waals surface area contributed by atoms with Crippen molar-refractivity contribution >= 4 is 29.2 Å². The molecule has 0 radical (unpaired) electrons. The molecule has 0 aliphatic carbocycles. The van der Waals surface area contributed by atoms with Gasteiger partial charge in [-0.25, -0.2) is 0 Å². The molecule has 0 bridgehead atoms. The van der Waals surface area contributed by atoms with Gasteiger partial charge >= 0.3 is 0 Å². The third-order valence-electron chi connectivity index (χ3n) is 2.19. The molecule has 0 spiro atoms. The quantitative estimate of drug-likeness (QED) is 0.507. The molecule has 0 nitrogen and oxygen atoms in total. The van der Waals surface area contributed by atoms with Crippen LogP contribution in [-0.2, 0) is 0 Å². The van der Waals surface area contributed by atoms with Crippen LogP contribution in [0.15, 0.2) is 53.0 Å². The number of benzene rings is 2. The van der Waals surface area contributed by atoms with Crippen molar-refractivity contribution in [3.63, 3.8) is 0 Å². The summed E-state index contributed by atoms with van der Waals surface area (Å²) in [6.07, 6.45) is 0. The molecule has 0 unspecified atom stereocenters. The van der Waals surface area contributed by atoms with Crippen molar-refractivity contribution in [3.8, 4) is 11.8 Å². The van der Waals surface area contributed by atoms with Crippen LogP contribution in [-0.4, -0.2) is 7.85 Å². The van der Waals surface area contributed by atoms with Gasteiger partial charge in [-0.05, 0) is 24.3 Å². The van der Waals surface area contributed by atoms with Crippen LogP contribution in [0.5, 0.6) is 0 Å². The highest BCUT2D eigenvalue weighted by atomic mass is 79.9. The normalized spacial score (nSPS) is 9.31. The predicted molar refractivity (Wildman–Crippen MR) is 74.7 cm³/mol. The molecule has 0 N–H and O–H groups in total. The van der Waals surface area contributed by atoms with Gasteiger partial charge in [-0.3, -0.25) is 0 Å². The van der Waals surface area contributed by atoms with E-state index in [2.05, 4.69) is 47.7 Å². The second-order valence-corrected chi connectivity index (χ2v) is 4.55. The number of hydrogen-bond acceptors (Lipinski definition) is 0. The molecule has 0 aromatic heterocycles. The lowest BCUT2D eigenvalue weighted by Gasteiger charge is -1.93. The molecular weight excluding hydrogens is 259 g/mol. The van der Waals surface area contributed by atoms with Gasteiger partial charge in [-0.15, -0.1) is 0 Å². The summed E-state index contributed by atoms with van der Waals surface area (Å²) in [5.41, 5.74) is 3.32. The van der Waals surface area contributed by atoms with E-state index in [0.29, 0.717) is 0 Å². The monoisotopic (exact) mass is 268 g/mol. The maximum atomic E-state index is 3.43. The maximum absolute atomic E-state index is 3.43. The van der Waals surface area contributed by atoms with Gasteiger partial charge in [0.15, 0.2) is 0 Å². The van der Waals surface area contributed by atoms with Crippen molar-refractivity contribution in [2.75, 3.05) is 0 Å². The Morgan fingerprint density at radius 1 is 0.875 bits per heavy atom. The molecule has 0 amide bonds. The minimum Gasteiger partial charge on any atom is -0.0877 e. The summed E-state index contributed by atoms with van der Waals surface area (Å²) >= 11 is 3.43. The SMILES string of the molecule is Bc1cccc(C#Cc2cccc(Br)c2)c1. The summed E-state index contributed by atoms with van der Waals surface area (Å²) in [6, 6.07) is 16.2. The lowest BCUT2D eigenvalue weighted by molar-refractivity contribution is 1.60. The van der Waals surface area contributed by atoms with Crippen LogP contribution < -0.4 is 5.46 Å². The second-order valence-electron chi connectivity index (χ2n) is 3.63. The molecule has 2 rings (SSSR count). The van der Waals surface area contributed by atoms with Gasteiger partial charge in [0.25, 0.3) is 0 Å². The summed E-state index contributed by atoms with van der Waals surface area (Å²) in [5.74, 6) is 6.31. The highest BCUT2D eigenvalue weighted by Crippen LogP contribution is 2.10. The molecule has 2 aromatic carbocycles. The van der Waals surface area contributed by atoms with Crippen LogP contribution in [0, 0.1) is 11.8 Å². The van der Waals surface area contributed by atoms with Gasteiger partial charge in [-0.2, -0.15) is 0 Å². The fourth-order valence-electron chi connectivity index (χ4n) is 1.43. The Morgan fingerprint density at radius 2 is 1.50 bits per heavy atom. The standard InChI is InChI=1S/C14H10BBr/c15-13-5-1-3-11(9-13)7-8-12-4-2-6-14(16)10-12/h1-6,9-10H,15H2. The van der Waals surface area contributed by atoms with E-state index in [4.69, 9.17) is 0 Å². The first-order chi connectivity index (χ1) is 7.74. The molecule has 0 heterocycles. The van der Waals surface area contributed by atoms with Crippen molar-refractivity contribution in [2.45, 2.75) is 0 Å². The Labute approximate surface area is 105 Å². The second kappa shape index (κ2) is 5.05. The van der Waals surface area contributed by atoms with Crippen LogP contribution in [0.3, 0.4) is 0 Å². The Bertz CT molecular complexity index is 515. The number of halogens is 1. The van der Waals surface area contributed by atoms with Crippen molar-refractivity contribution in [1.29, 1.82) is 0 Å². The first-order valence-electron chi connectivity index (χ1n) is 5.08. The van der Waals surface area contributed by atoms with Crippen molar-refractivity contribution in [1.82, 2.24) is 0 Å². The van der Waals surface area contributed by atoms with Crippen molar-refractivity contribution in [2.24, 2.45) is 0 Å². The molecule has 0 fully saturated rings. The van der Waals surface area contributed by atoms with E-state index in [0.717, 1.165) is 15.6 Å². The van der Waals surface area contributed by atoms with Gasteiger partial charge in [-0.1, -0.05) is 57.5 Å². The molecule has 2 heteroatoms. The summed E-state index contributed by atoms with van der Waals surface area (Å²) in [6.45, 7) is 0. The fraction of sp³-hybridized carbons (Fsp3) is 0. The topological polar surface area (TPSA) is 0 Å². The van der Waals surface area contributed by atoms with Gasteiger partial charge in [0.2, 0.25) is 0 Å². The fourth-order valence-corrected chi connectivity index (χ4v) is 1.83. The highest BCUT2D eigenvalue weighted by Gasteiger charge is 1.89. The lowest BCUT2D eigenvalue weighted by atomic mass is 9.94. The molecule has 0 aliphatic rings. The van der Waals surface area contributed by atoms with E-state index >= 15 is 0 Å². The van der Waals surface area contributed by atoms with Crippen molar-refractivity contribution in [3.05, 3.63) is 64.1 Å². The molecule has 0 aliphatic heterocycles. The molecule has 0 saturated heterocycles. The number of hydrogen-bond donors (Lipinski definition) is 0. The lowest BCUT2D eigenvalue weighted by Crippen LogP contribution is -2.00. The van der Waals surface area contributed by atoms with Crippen molar-refractivity contribution < 1.29 is 0 Å². The zero-order valence-electron chi connectivity index (χ0n) is 9.00.